The molecule has 0 amide bonds. The van der Waals surface area contributed by atoms with Crippen molar-refractivity contribution in [3.63, 3.8) is 0 Å². The lowest BCUT2D eigenvalue weighted by Crippen LogP contribution is -2.04. The van der Waals surface area contributed by atoms with Gasteiger partial charge in [0, 0.05) is 13.2 Å². The van der Waals surface area contributed by atoms with E-state index >= 15 is 0 Å². The molecule has 0 radical (unpaired) electrons. The molecule has 0 aromatic carbocycles. The molecule has 1 aliphatic rings. The van der Waals surface area contributed by atoms with Gasteiger partial charge in [-0.1, -0.05) is 0 Å². The van der Waals surface area contributed by atoms with E-state index in [2.05, 4.69) is 10.3 Å². The van der Waals surface area contributed by atoms with Crippen molar-refractivity contribution >= 4 is 11.5 Å². The highest BCUT2D eigenvalue weighted by Gasteiger charge is 2.25. The van der Waals surface area contributed by atoms with Crippen molar-refractivity contribution < 1.29 is 4.74 Å². The minimum absolute atomic E-state index is 0.346. The smallest absolute Gasteiger partial charge is 0.184 e. The van der Waals surface area contributed by atoms with Gasteiger partial charge >= 0.3 is 0 Å². The molecular formula is C9H13N3O. The van der Waals surface area contributed by atoms with Crippen LogP contribution in [0.4, 0.5) is 11.5 Å². The SMILES string of the molecule is CNc1nccc(N)c1OC1CC1. The summed E-state index contributed by atoms with van der Waals surface area (Å²) in [5.41, 5.74) is 6.41. The monoisotopic (exact) mass is 179 g/mol. The van der Waals surface area contributed by atoms with Crippen molar-refractivity contribution in [2.24, 2.45) is 0 Å². The summed E-state index contributed by atoms with van der Waals surface area (Å²) in [5, 5.41) is 2.95. The Morgan fingerprint density at radius 2 is 2.38 bits per heavy atom. The van der Waals surface area contributed by atoms with Crippen LogP contribution >= 0.6 is 0 Å². The van der Waals surface area contributed by atoms with Crippen molar-refractivity contribution in [2.45, 2.75) is 18.9 Å². The maximum Gasteiger partial charge on any atom is 0.184 e. The van der Waals surface area contributed by atoms with Crippen molar-refractivity contribution in [3.05, 3.63) is 12.3 Å². The van der Waals surface area contributed by atoms with E-state index in [1.54, 1.807) is 12.3 Å². The van der Waals surface area contributed by atoms with Gasteiger partial charge < -0.3 is 15.8 Å². The summed E-state index contributed by atoms with van der Waals surface area (Å²) in [5.74, 6) is 1.40. The van der Waals surface area contributed by atoms with E-state index in [1.165, 1.54) is 0 Å². The third-order valence-corrected chi connectivity index (χ3v) is 1.98. The first-order chi connectivity index (χ1) is 6.31. The van der Waals surface area contributed by atoms with Gasteiger partial charge in [0.2, 0.25) is 0 Å². The van der Waals surface area contributed by atoms with Gasteiger partial charge in [-0.25, -0.2) is 4.98 Å². The molecule has 4 nitrogen and oxygen atoms in total. The Bertz CT molecular complexity index is 310. The zero-order valence-electron chi connectivity index (χ0n) is 7.58. The Morgan fingerprint density at radius 3 is 3.00 bits per heavy atom. The van der Waals surface area contributed by atoms with Gasteiger partial charge in [0.25, 0.3) is 0 Å². The molecule has 3 N–H and O–H groups in total. The third kappa shape index (κ3) is 1.66. The lowest BCUT2D eigenvalue weighted by molar-refractivity contribution is 0.305. The highest BCUT2D eigenvalue weighted by Crippen LogP contribution is 2.34. The third-order valence-electron chi connectivity index (χ3n) is 1.98. The quantitative estimate of drug-likeness (QED) is 0.733. The lowest BCUT2D eigenvalue weighted by Gasteiger charge is -2.11. The molecule has 2 rings (SSSR count). The van der Waals surface area contributed by atoms with Crippen LogP contribution in [0.2, 0.25) is 0 Å². The number of rotatable bonds is 3. The Hall–Kier alpha value is -1.45. The Labute approximate surface area is 77.1 Å². The fourth-order valence-corrected chi connectivity index (χ4v) is 1.12. The molecule has 1 heterocycles. The molecule has 1 aliphatic carbocycles. The van der Waals surface area contributed by atoms with Crippen LogP contribution in [0.15, 0.2) is 12.3 Å². The second kappa shape index (κ2) is 3.12. The van der Waals surface area contributed by atoms with Crippen molar-refractivity contribution in [1.82, 2.24) is 4.98 Å². The minimum atomic E-state index is 0.346. The van der Waals surface area contributed by atoms with Crippen LogP contribution in [-0.2, 0) is 0 Å². The molecule has 0 saturated heterocycles. The van der Waals surface area contributed by atoms with Crippen LogP contribution in [0.3, 0.4) is 0 Å². The fourth-order valence-electron chi connectivity index (χ4n) is 1.12. The average Bonchev–Trinajstić information content (AvgIpc) is 2.92. The number of hydrogen-bond acceptors (Lipinski definition) is 4. The van der Waals surface area contributed by atoms with E-state index in [-0.39, 0.29) is 0 Å². The molecule has 0 atom stereocenters. The summed E-state index contributed by atoms with van der Waals surface area (Å²) >= 11 is 0. The molecule has 1 saturated carbocycles. The largest absolute Gasteiger partial charge is 0.484 e. The van der Waals surface area contributed by atoms with Crippen molar-refractivity contribution in [2.75, 3.05) is 18.1 Å². The average molecular weight is 179 g/mol. The number of pyridine rings is 1. The number of nitrogens with one attached hydrogen (secondary N) is 1. The van der Waals surface area contributed by atoms with E-state index in [0.29, 0.717) is 23.4 Å². The molecule has 4 heteroatoms. The van der Waals surface area contributed by atoms with Gasteiger partial charge in [-0.2, -0.15) is 0 Å². The van der Waals surface area contributed by atoms with Crippen LogP contribution in [0, 0.1) is 0 Å². The number of hydrogen-bond donors (Lipinski definition) is 2. The van der Waals surface area contributed by atoms with Gasteiger partial charge in [0.1, 0.15) is 0 Å². The summed E-state index contributed by atoms with van der Waals surface area (Å²) in [6.45, 7) is 0. The number of anilines is 2. The van der Waals surface area contributed by atoms with Gasteiger partial charge in [-0.15, -0.1) is 0 Å². The topological polar surface area (TPSA) is 60.2 Å². The Balaban J connectivity index is 2.27. The Morgan fingerprint density at radius 1 is 1.62 bits per heavy atom. The molecule has 13 heavy (non-hydrogen) atoms. The van der Waals surface area contributed by atoms with Crippen LogP contribution < -0.4 is 15.8 Å². The highest BCUT2D eigenvalue weighted by atomic mass is 16.5. The maximum atomic E-state index is 5.77. The number of ether oxygens (including phenoxy) is 1. The van der Waals surface area contributed by atoms with E-state index in [9.17, 15) is 0 Å². The second-order valence-electron chi connectivity index (χ2n) is 3.15. The predicted octanol–water partition coefficient (Wildman–Crippen LogP) is 1.25. The first-order valence-electron chi connectivity index (χ1n) is 4.40. The molecule has 0 spiro atoms. The van der Waals surface area contributed by atoms with Crippen molar-refractivity contribution in [3.8, 4) is 5.75 Å². The lowest BCUT2D eigenvalue weighted by atomic mass is 10.3. The molecule has 0 bridgehead atoms. The fraction of sp³-hybridized carbons (Fsp3) is 0.444. The number of aromatic nitrogens is 1. The van der Waals surface area contributed by atoms with Crippen LogP contribution in [-0.4, -0.2) is 18.1 Å². The van der Waals surface area contributed by atoms with Gasteiger partial charge in [-0.3, -0.25) is 0 Å². The highest BCUT2D eigenvalue weighted by molar-refractivity contribution is 5.64. The number of nitrogen functional groups attached to an aromatic ring is 1. The summed E-state index contributed by atoms with van der Waals surface area (Å²) in [4.78, 5) is 4.12. The molecule has 1 fully saturated rings. The Kier molecular flexibility index (Phi) is 1.96. The van der Waals surface area contributed by atoms with Gasteiger partial charge in [-0.05, 0) is 18.9 Å². The maximum absolute atomic E-state index is 5.77. The summed E-state index contributed by atoms with van der Waals surface area (Å²) in [7, 11) is 1.81. The summed E-state index contributed by atoms with van der Waals surface area (Å²) in [6, 6.07) is 1.75. The molecule has 1 aromatic rings. The van der Waals surface area contributed by atoms with Crippen LogP contribution in [0.25, 0.3) is 0 Å². The molecule has 0 unspecified atom stereocenters. The van der Waals surface area contributed by atoms with Gasteiger partial charge in [0.05, 0.1) is 11.8 Å². The summed E-state index contributed by atoms with van der Waals surface area (Å²) in [6.07, 6.45) is 4.26. The summed E-state index contributed by atoms with van der Waals surface area (Å²) < 4.78 is 5.63. The predicted molar refractivity (Wildman–Crippen MR) is 51.8 cm³/mol. The first kappa shape index (κ1) is 8.16. The number of nitrogens with zero attached hydrogens (tertiary/aromatic N) is 1. The normalized spacial score (nSPS) is 15.5. The molecular weight excluding hydrogens is 166 g/mol. The van der Waals surface area contributed by atoms with E-state index in [0.717, 1.165) is 12.8 Å². The van der Waals surface area contributed by atoms with Crippen LogP contribution in [0.1, 0.15) is 12.8 Å². The number of nitrogens with two attached hydrogens (primary N) is 1. The zero-order valence-corrected chi connectivity index (χ0v) is 7.58. The van der Waals surface area contributed by atoms with Crippen LogP contribution in [0.5, 0.6) is 5.75 Å². The minimum Gasteiger partial charge on any atom is -0.484 e. The second-order valence-corrected chi connectivity index (χ2v) is 3.15. The van der Waals surface area contributed by atoms with E-state index in [1.807, 2.05) is 7.05 Å². The molecule has 70 valence electrons. The van der Waals surface area contributed by atoms with E-state index < -0.39 is 0 Å². The zero-order chi connectivity index (χ0) is 9.26. The standard InChI is InChI=1S/C9H13N3O/c1-11-9-8(13-6-2-3-6)7(10)4-5-12-9/h4-6H,2-3H2,1H3,(H3,10,11,12). The van der Waals surface area contributed by atoms with E-state index in [4.69, 9.17) is 10.5 Å². The van der Waals surface area contributed by atoms with Crippen molar-refractivity contribution in [1.29, 1.82) is 0 Å². The molecule has 1 aromatic heterocycles. The molecule has 0 aliphatic heterocycles. The first-order valence-corrected chi connectivity index (χ1v) is 4.40. The van der Waals surface area contributed by atoms with Gasteiger partial charge in [0.15, 0.2) is 11.6 Å².